The molecule has 0 spiro atoms. The van der Waals surface area contributed by atoms with Crippen molar-refractivity contribution in [2.75, 3.05) is 32.7 Å². The first-order chi connectivity index (χ1) is 13.8. The highest BCUT2D eigenvalue weighted by molar-refractivity contribution is 7.89. The summed E-state index contributed by atoms with van der Waals surface area (Å²) in [7, 11) is -3.70. The van der Waals surface area contributed by atoms with Gasteiger partial charge in [0.1, 0.15) is 12.1 Å². The van der Waals surface area contributed by atoms with Crippen LogP contribution >= 0.6 is 0 Å². The summed E-state index contributed by atoms with van der Waals surface area (Å²) >= 11 is 0. The molecule has 1 aromatic rings. The predicted molar refractivity (Wildman–Crippen MR) is 110 cm³/mol. The van der Waals surface area contributed by atoms with Crippen molar-refractivity contribution in [2.24, 2.45) is 5.92 Å². The van der Waals surface area contributed by atoms with Gasteiger partial charge in [-0.3, -0.25) is 9.69 Å². The van der Waals surface area contributed by atoms with Gasteiger partial charge in [-0.25, -0.2) is 8.42 Å². The van der Waals surface area contributed by atoms with Crippen LogP contribution in [-0.4, -0.2) is 73.2 Å². The van der Waals surface area contributed by atoms with Crippen LogP contribution in [0.1, 0.15) is 32.3 Å². The zero-order chi connectivity index (χ0) is 21.2. The van der Waals surface area contributed by atoms with Crippen molar-refractivity contribution in [3.8, 4) is 6.07 Å². The highest BCUT2D eigenvalue weighted by Gasteiger charge is 2.42. The molecule has 2 aliphatic rings. The average molecular weight is 419 g/mol. The molecule has 1 amide bonds. The van der Waals surface area contributed by atoms with Gasteiger partial charge in [-0.15, -0.1) is 0 Å². The van der Waals surface area contributed by atoms with Gasteiger partial charge < -0.3 is 4.90 Å². The molecule has 0 N–H and O–H groups in total. The van der Waals surface area contributed by atoms with Gasteiger partial charge in [0.05, 0.1) is 11.0 Å². The fourth-order valence-corrected chi connectivity index (χ4v) is 5.85. The molecule has 0 bridgehead atoms. The quantitative estimate of drug-likeness (QED) is 0.728. The number of aryl methyl sites for hydroxylation is 1. The Bertz CT molecular complexity index is 868. The van der Waals surface area contributed by atoms with Crippen LogP contribution in [0.4, 0.5) is 0 Å². The summed E-state index contributed by atoms with van der Waals surface area (Å²) in [5.74, 6) is 0.114. The largest absolute Gasteiger partial charge is 0.339 e. The lowest BCUT2D eigenvalue weighted by Gasteiger charge is -2.39. The van der Waals surface area contributed by atoms with Crippen molar-refractivity contribution in [1.82, 2.24) is 14.1 Å². The van der Waals surface area contributed by atoms with Gasteiger partial charge in [0.25, 0.3) is 0 Å². The molecular weight excluding hydrogens is 388 g/mol. The van der Waals surface area contributed by atoms with Gasteiger partial charge >= 0.3 is 0 Å². The average Bonchev–Trinajstić information content (AvgIpc) is 3.19. The Morgan fingerprint density at radius 2 is 1.72 bits per heavy atom. The van der Waals surface area contributed by atoms with E-state index in [1.54, 1.807) is 29.2 Å². The van der Waals surface area contributed by atoms with Crippen LogP contribution in [0, 0.1) is 24.2 Å². The normalized spacial score (nSPS) is 22.6. The van der Waals surface area contributed by atoms with E-state index in [0.717, 1.165) is 5.56 Å². The first-order valence-corrected chi connectivity index (χ1v) is 11.7. The number of hydrogen-bond donors (Lipinski definition) is 0. The summed E-state index contributed by atoms with van der Waals surface area (Å²) in [6.45, 7) is 8.66. The molecule has 1 aromatic carbocycles. The number of carbonyl (C=O) groups excluding carboxylic acids is 1. The molecule has 0 aromatic heterocycles. The summed E-state index contributed by atoms with van der Waals surface area (Å²) in [5, 5.41) is 9.40. The molecule has 8 heteroatoms. The van der Waals surface area contributed by atoms with Gasteiger partial charge in [0, 0.05) is 32.7 Å². The molecule has 0 aliphatic carbocycles. The summed E-state index contributed by atoms with van der Waals surface area (Å²) in [6.07, 6.45) is 1.24. The van der Waals surface area contributed by atoms with E-state index in [1.165, 1.54) is 4.31 Å². The highest BCUT2D eigenvalue weighted by Crippen LogP contribution is 2.28. The topological polar surface area (TPSA) is 84.7 Å². The number of nitrogens with zero attached hydrogens (tertiary/aromatic N) is 4. The maximum absolute atomic E-state index is 13.2. The number of piperazine rings is 1. The summed E-state index contributed by atoms with van der Waals surface area (Å²) in [5.41, 5.74) is 0.993. The van der Waals surface area contributed by atoms with Gasteiger partial charge in [0.2, 0.25) is 15.9 Å². The minimum atomic E-state index is -3.70. The fourth-order valence-electron chi connectivity index (χ4n) is 4.20. The smallest absolute Gasteiger partial charge is 0.243 e. The molecule has 1 unspecified atom stereocenters. The fraction of sp³-hybridized carbons (Fsp3) is 0.619. The predicted octanol–water partition coefficient (Wildman–Crippen LogP) is 1.84. The van der Waals surface area contributed by atoms with Crippen LogP contribution in [0.25, 0.3) is 0 Å². The molecule has 0 saturated carbocycles. The third-order valence-corrected chi connectivity index (χ3v) is 7.82. The number of rotatable bonds is 5. The van der Waals surface area contributed by atoms with E-state index in [9.17, 15) is 18.5 Å². The van der Waals surface area contributed by atoms with Crippen molar-refractivity contribution >= 4 is 15.9 Å². The molecule has 158 valence electrons. The Morgan fingerprint density at radius 3 is 2.28 bits per heavy atom. The molecule has 3 rings (SSSR count). The number of nitriles is 1. The number of hydrogen-bond acceptors (Lipinski definition) is 5. The molecular formula is C21H30N4O3S. The van der Waals surface area contributed by atoms with E-state index >= 15 is 0 Å². The van der Waals surface area contributed by atoms with Gasteiger partial charge in [-0.2, -0.15) is 9.57 Å². The van der Waals surface area contributed by atoms with Crippen molar-refractivity contribution in [3.05, 3.63) is 29.8 Å². The maximum atomic E-state index is 13.2. The Hall–Kier alpha value is -1.95. The Morgan fingerprint density at radius 1 is 1.10 bits per heavy atom. The van der Waals surface area contributed by atoms with Gasteiger partial charge in [-0.05, 0) is 37.8 Å². The SMILES string of the molecule is Cc1ccc(S(=O)(=O)N2CCC[C@H]2C(=O)N2CCN(C(C#N)C(C)C)CC2)cc1. The van der Waals surface area contributed by atoms with Crippen LogP contribution < -0.4 is 0 Å². The molecule has 2 saturated heterocycles. The van der Waals surface area contributed by atoms with Crippen molar-refractivity contribution < 1.29 is 13.2 Å². The Kier molecular flexibility index (Phi) is 6.62. The van der Waals surface area contributed by atoms with E-state index < -0.39 is 16.1 Å². The zero-order valence-corrected chi connectivity index (χ0v) is 18.2. The molecule has 2 atom stereocenters. The van der Waals surface area contributed by atoms with Crippen molar-refractivity contribution in [1.29, 1.82) is 5.26 Å². The molecule has 7 nitrogen and oxygen atoms in total. The van der Waals surface area contributed by atoms with Crippen LogP contribution in [0.5, 0.6) is 0 Å². The van der Waals surface area contributed by atoms with Crippen LogP contribution in [0.2, 0.25) is 0 Å². The molecule has 2 fully saturated rings. The van der Waals surface area contributed by atoms with E-state index in [4.69, 9.17) is 0 Å². The molecule has 2 aliphatic heterocycles. The van der Waals surface area contributed by atoms with E-state index in [0.29, 0.717) is 45.6 Å². The molecule has 0 radical (unpaired) electrons. The second-order valence-electron chi connectivity index (χ2n) is 8.27. The minimum absolute atomic E-state index is 0.115. The standard InChI is InChI=1S/C21H30N4O3S/c1-16(2)20(15-22)23-11-13-24(14-12-23)21(26)19-5-4-10-25(19)29(27,28)18-8-6-17(3)7-9-18/h6-9,16,19-20H,4-5,10-14H2,1-3H3/t19-,20?/m0/s1. The first kappa shape index (κ1) is 21.8. The third-order valence-electron chi connectivity index (χ3n) is 5.90. The highest BCUT2D eigenvalue weighted by atomic mass is 32.2. The maximum Gasteiger partial charge on any atom is 0.243 e. The summed E-state index contributed by atoms with van der Waals surface area (Å²) in [4.78, 5) is 17.3. The van der Waals surface area contributed by atoms with Crippen LogP contribution in [0.3, 0.4) is 0 Å². The lowest BCUT2D eigenvalue weighted by atomic mass is 10.0. The van der Waals surface area contributed by atoms with Crippen molar-refractivity contribution in [2.45, 2.75) is 50.6 Å². The monoisotopic (exact) mass is 418 g/mol. The second kappa shape index (κ2) is 8.82. The number of amides is 1. The van der Waals surface area contributed by atoms with E-state index in [-0.39, 0.29) is 22.8 Å². The second-order valence-corrected chi connectivity index (χ2v) is 10.2. The number of benzene rings is 1. The zero-order valence-electron chi connectivity index (χ0n) is 17.4. The molecule has 29 heavy (non-hydrogen) atoms. The Balaban J connectivity index is 1.70. The van der Waals surface area contributed by atoms with Crippen LogP contribution in [-0.2, 0) is 14.8 Å². The summed E-state index contributed by atoms with van der Waals surface area (Å²) < 4.78 is 27.6. The Labute approximate surface area is 173 Å². The summed E-state index contributed by atoms with van der Waals surface area (Å²) in [6, 6.07) is 8.34. The first-order valence-electron chi connectivity index (χ1n) is 10.3. The minimum Gasteiger partial charge on any atom is -0.339 e. The molecule has 2 heterocycles. The number of sulfonamides is 1. The lowest BCUT2D eigenvalue weighted by Crippen LogP contribution is -2.56. The van der Waals surface area contributed by atoms with Gasteiger partial charge in [-0.1, -0.05) is 31.5 Å². The van der Waals surface area contributed by atoms with Crippen LogP contribution in [0.15, 0.2) is 29.2 Å². The lowest BCUT2D eigenvalue weighted by molar-refractivity contribution is -0.136. The van der Waals surface area contributed by atoms with Gasteiger partial charge in [0.15, 0.2) is 0 Å². The van der Waals surface area contributed by atoms with E-state index in [1.807, 2.05) is 20.8 Å². The van der Waals surface area contributed by atoms with Crippen molar-refractivity contribution in [3.63, 3.8) is 0 Å². The third kappa shape index (κ3) is 4.47. The number of carbonyl (C=O) groups is 1. The van der Waals surface area contributed by atoms with E-state index in [2.05, 4.69) is 11.0 Å².